The molecule has 0 aromatic heterocycles. The van der Waals surface area contributed by atoms with Gasteiger partial charge in [-0.25, -0.2) is 0 Å². The normalized spacial score (nSPS) is 10.1. The predicted molar refractivity (Wildman–Crippen MR) is 132 cm³/mol. The second-order valence-electron chi connectivity index (χ2n) is 8.33. The van der Waals surface area contributed by atoms with E-state index < -0.39 is 0 Å². The molecule has 2 aromatic carbocycles. The van der Waals surface area contributed by atoms with Gasteiger partial charge in [0.05, 0.1) is 0 Å². The fourth-order valence-electron chi connectivity index (χ4n) is 3.62. The van der Waals surface area contributed by atoms with E-state index in [0.717, 1.165) is 12.8 Å². The van der Waals surface area contributed by atoms with Crippen LogP contribution in [0.5, 0.6) is 11.5 Å². The molecule has 0 N–H and O–H groups in total. The van der Waals surface area contributed by atoms with Crippen LogP contribution in [0.3, 0.4) is 0 Å². The average Bonchev–Trinajstić information content (AvgIpc) is 2.74. The molecule has 0 amide bonds. The van der Waals surface area contributed by atoms with Crippen LogP contribution in [0.4, 0.5) is 0 Å². The summed E-state index contributed by atoms with van der Waals surface area (Å²) in [6, 6.07) is 14.6. The minimum Gasteiger partial charge on any atom is -0.872 e. The van der Waals surface area contributed by atoms with Gasteiger partial charge in [-0.05, 0) is 36.8 Å². The second kappa shape index (κ2) is 21.5. The van der Waals surface area contributed by atoms with Gasteiger partial charge in [0.1, 0.15) is 0 Å². The minimum absolute atomic E-state index is 0. The quantitative estimate of drug-likeness (QED) is 0.190. The van der Waals surface area contributed by atoms with Crippen LogP contribution in [0, 0.1) is 0 Å². The molecule has 0 radical (unpaired) electrons. The van der Waals surface area contributed by atoms with Gasteiger partial charge >= 0.3 is 48.9 Å². The maximum atomic E-state index is 11.1. The second-order valence-corrected chi connectivity index (χ2v) is 8.33. The third kappa shape index (κ3) is 17.8. The van der Waals surface area contributed by atoms with E-state index in [9.17, 15) is 10.2 Å². The Morgan fingerprint density at radius 3 is 1.23 bits per heavy atom. The standard InChI is InChI=1S/2C14H22O.Ba/c2*1-2-3-4-5-6-7-9-13-10-8-11-14(15)12-13;/h2*8,10-12,15H,2-7,9H2,1H3;/q;;+2/p-2. The van der Waals surface area contributed by atoms with E-state index in [0.29, 0.717) is 0 Å². The zero-order chi connectivity index (χ0) is 21.9. The van der Waals surface area contributed by atoms with Crippen LogP contribution in [-0.4, -0.2) is 48.9 Å². The Kier molecular flexibility index (Phi) is 21.2. The van der Waals surface area contributed by atoms with E-state index in [2.05, 4.69) is 13.8 Å². The minimum atomic E-state index is 0. The van der Waals surface area contributed by atoms with Crippen molar-refractivity contribution in [1.29, 1.82) is 0 Å². The first-order chi connectivity index (χ1) is 14.7. The molecule has 2 nitrogen and oxygen atoms in total. The van der Waals surface area contributed by atoms with Crippen LogP contribution < -0.4 is 10.2 Å². The van der Waals surface area contributed by atoms with Crippen LogP contribution in [0.25, 0.3) is 0 Å². The van der Waals surface area contributed by atoms with Gasteiger partial charge in [0.2, 0.25) is 0 Å². The van der Waals surface area contributed by atoms with Crippen LogP contribution in [-0.2, 0) is 12.8 Å². The van der Waals surface area contributed by atoms with Gasteiger partial charge in [0.15, 0.2) is 0 Å². The predicted octanol–water partition coefficient (Wildman–Crippen LogP) is 6.95. The summed E-state index contributed by atoms with van der Waals surface area (Å²) in [5.74, 6) is 0.275. The number of rotatable bonds is 14. The van der Waals surface area contributed by atoms with Crippen molar-refractivity contribution in [2.24, 2.45) is 0 Å². The third-order valence-corrected chi connectivity index (χ3v) is 5.43. The summed E-state index contributed by atoms with van der Waals surface area (Å²) < 4.78 is 0. The van der Waals surface area contributed by atoms with Crippen molar-refractivity contribution in [2.75, 3.05) is 0 Å². The van der Waals surface area contributed by atoms with Gasteiger partial charge in [0, 0.05) is 0 Å². The molecule has 0 fully saturated rings. The Morgan fingerprint density at radius 2 is 0.871 bits per heavy atom. The van der Waals surface area contributed by atoms with E-state index in [1.807, 2.05) is 24.3 Å². The first-order valence-electron chi connectivity index (χ1n) is 12.2. The summed E-state index contributed by atoms with van der Waals surface area (Å²) in [5, 5.41) is 22.1. The van der Waals surface area contributed by atoms with E-state index >= 15 is 0 Å². The van der Waals surface area contributed by atoms with Crippen molar-refractivity contribution in [3.8, 4) is 11.5 Å². The molecule has 2 rings (SSSR count). The van der Waals surface area contributed by atoms with E-state index in [1.54, 1.807) is 24.3 Å². The molecule has 0 saturated heterocycles. The molecule has 3 heteroatoms. The largest absolute Gasteiger partial charge is 2.00 e. The summed E-state index contributed by atoms with van der Waals surface area (Å²) >= 11 is 0. The van der Waals surface area contributed by atoms with Crippen LogP contribution >= 0.6 is 0 Å². The Balaban J connectivity index is 0.000000562. The average molecular weight is 548 g/mol. The summed E-state index contributed by atoms with van der Waals surface area (Å²) in [4.78, 5) is 0. The maximum absolute atomic E-state index is 11.1. The van der Waals surface area contributed by atoms with Crippen molar-refractivity contribution >= 4 is 48.9 Å². The molecule has 0 aliphatic carbocycles. The zero-order valence-corrected chi connectivity index (χ0v) is 24.5. The number of benzene rings is 2. The Bertz CT molecular complexity index is 599. The molecule has 0 heterocycles. The molecular formula is C28H42BaO2. The maximum Gasteiger partial charge on any atom is 2.00 e. The third-order valence-electron chi connectivity index (χ3n) is 5.43. The topological polar surface area (TPSA) is 46.1 Å². The SMILES string of the molecule is CCCCCCCCc1cccc([O-])c1.CCCCCCCCc1cccc([O-])c1.[Ba+2]. The number of unbranched alkanes of at least 4 members (excludes halogenated alkanes) is 10. The number of hydrogen-bond donors (Lipinski definition) is 0. The van der Waals surface area contributed by atoms with E-state index in [-0.39, 0.29) is 60.4 Å². The van der Waals surface area contributed by atoms with Crippen LogP contribution in [0.15, 0.2) is 48.5 Å². The molecular weight excluding hydrogens is 506 g/mol. The van der Waals surface area contributed by atoms with Gasteiger partial charge in [-0.2, -0.15) is 0 Å². The summed E-state index contributed by atoms with van der Waals surface area (Å²) in [6.07, 6.45) is 17.9. The molecule has 0 bridgehead atoms. The van der Waals surface area contributed by atoms with E-state index in [4.69, 9.17) is 0 Å². The smallest absolute Gasteiger partial charge is 0.872 e. The van der Waals surface area contributed by atoms with Crippen LogP contribution in [0.2, 0.25) is 0 Å². The monoisotopic (exact) mass is 548 g/mol. The molecule has 0 saturated carbocycles. The molecule has 0 spiro atoms. The number of hydrogen-bond acceptors (Lipinski definition) is 2. The molecule has 2 aromatic rings. The van der Waals surface area contributed by atoms with Crippen molar-refractivity contribution in [2.45, 2.75) is 104 Å². The summed E-state index contributed by atoms with van der Waals surface area (Å²) in [7, 11) is 0. The fraction of sp³-hybridized carbons (Fsp3) is 0.571. The Hall–Kier alpha value is -0.389. The van der Waals surface area contributed by atoms with Crippen LogP contribution in [0.1, 0.15) is 102 Å². The van der Waals surface area contributed by atoms with E-state index in [1.165, 1.54) is 88.2 Å². The van der Waals surface area contributed by atoms with Crippen molar-refractivity contribution in [3.05, 3.63) is 59.7 Å². The Labute approximate surface area is 231 Å². The van der Waals surface area contributed by atoms with Gasteiger partial charge in [-0.15, -0.1) is 11.5 Å². The molecule has 31 heavy (non-hydrogen) atoms. The van der Waals surface area contributed by atoms with Gasteiger partial charge in [0.25, 0.3) is 0 Å². The molecule has 0 aliphatic heterocycles. The van der Waals surface area contributed by atoms with Crippen molar-refractivity contribution < 1.29 is 10.2 Å². The molecule has 0 atom stereocenters. The molecule has 0 aliphatic rings. The summed E-state index contributed by atoms with van der Waals surface area (Å²) in [5.41, 5.74) is 2.39. The van der Waals surface area contributed by atoms with Gasteiger partial charge in [-0.3, -0.25) is 0 Å². The molecule has 168 valence electrons. The Morgan fingerprint density at radius 1 is 0.516 bits per heavy atom. The molecule has 0 unspecified atom stereocenters. The van der Waals surface area contributed by atoms with Gasteiger partial charge in [-0.1, -0.05) is 127 Å². The van der Waals surface area contributed by atoms with Crippen molar-refractivity contribution in [3.63, 3.8) is 0 Å². The zero-order valence-electron chi connectivity index (χ0n) is 20.0. The van der Waals surface area contributed by atoms with Gasteiger partial charge < -0.3 is 10.2 Å². The van der Waals surface area contributed by atoms with Crippen molar-refractivity contribution in [1.82, 2.24) is 0 Å². The fourth-order valence-corrected chi connectivity index (χ4v) is 3.62. The first kappa shape index (κ1) is 30.6. The number of aryl methyl sites for hydroxylation is 2. The first-order valence-corrected chi connectivity index (χ1v) is 12.2. The summed E-state index contributed by atoms with van der Waals surface area (Å²) in [6.45, 7) is 4.47.